The number of furan rings is 1. The van der Waals surface area contributed by atoms with Gasteiger partial charge in [0.25, 0.3) is 0 Å². The molecule has 35 heavy (non-hydrogen) atoms. The number of benzene rings is 1. The Labute approximate surface area is 194 Å². The number of urea groups is 1. The minimum atomic E-state index is -5.21. The molecule has 0 spiro atoms. The molecule has 1 atom stereocenters. The van der Waals surface area contributed by atoms with E-state index in [0.717, 1.165) is 12.4 Å². The first kappa shape index (κ1) is 25.5. The van der Waals surface area contributed by atoms with Crippen LogP contribution >= 0.6 is 0 Å². The molecule has 0 bridgehead atoms. The van der Waals surface area contributed by atoms with E-state index in [1.165, 1.54) is 20.8 Å². The van der Waals surface area contributed by atoms with Crippen molar-refractivity contribution in [1.82, 2.24) is 15.3 Å². The summed E-state index contributed by atoms with van der Waals surface area (Å²) in [5, 5.41) is 5.21. The second-order valence-electron chi connectivity index (χ2n) is 8.14. The highest BCUT2D eigenvalue weighted by molar-refractivity contribution is 6.00. The number of nitrogens with zero attached hydrogens (tertiary/aromatic N) is 2. The molecule has 5 N–H and O–H groups in total. The lowest BCUT2D eigenvalue weighted by Crippen LogP contribution is -2.40. The zero-order valence-corrected chi connectivity index (χ0v) is 18.4. The lowest BCUT2D eigenvalue weighted by Gasteiger charge is -2.22. The molecular weight excluding hydrogens is 483 g/mol. The quantitative estimate of drug-likeness (QED) is 0.373. The normalized spacial score (nSPS) is 12.8. The van der Waals surface area contributed by atoms with Crippen LogP contribution in [0.4, 0.5) is 48.9 Å². The van der Waals surface area contributed by atoms with Gasteiger partial charge in [0.1, 0.15) is 11.4 Å². The van der Waals surface area contributed by atoms with Crippen LogP contribution in [-0.4, -0.2) is 33.9 Å². The summed E-state index contributed by atoms with van der Waals surface area (Å²) < 4.78 is 80.3. The highest BCUT2D eigenvalue weighted by Crippen LogP contribution is 2.42. The maximum Gasteiger partial charge on any atom is 0.416 e. The van der Waals surface area contributed by atoms with Crippen LogP contribution in [0.1, 0.15) is 32.6 Å². The molecular formula is C20H19F5N6O4. The summed E-state index contributed by atoms with van der Waals surface area (Å²) in [5.74, 6) is -3.74. The monoisotopic (exact) mass is 502 g/mol. The van der Waals surface area contributed by atoms with Crippen molar-refractivity contribution in [1.29, 1.82) is 0 Å². The van der Waals surface area contributed by atoms with Crippen molar-refractivity contribution < 1.29 is 40.7 Å². The van der Waals surface area contributed by atoms with Gasteiger partial charge >= 0.3 is 18.3 Å². The Morgan fingerprint density at radius 3 is 2.29 bits per heavy atom. The van der Waals surface area contributed by atoms with E-state index in [1.807, 2.05) is 5.32 Å². The van der Waals surface area contributed by atoms with Crippen molar-refractivity contribution in [3.63, 3.8) is 0 Å². The number of carbonyl (C=O) groups excluding carboxylic acids is 2. The molecule has 10 nitrogen and oxygen atoms in total. The fourth-order valence-electron chi connectivity index (χ4n) is 2.88. The average Bonchev–Trinajstić information content (AvgIpc) is 3.03. The largest absolute Gasteiger partial charge is 0.453 e. The highest BCUT2D eigenvalue weighted by atomic mass is 19.4. The summed E-state index contributed by atoms with van der Waals surface area (Å²) >= 11 is 0. The first-order chi connectivity index (χ1) is 16.1. The third-order valence-corrected chi connectivity index (χ3v) is 4.16. The van der Waals surface area contributed by atoms with E-state index in [1.54, 1.807) is 5.32 Å². The minimum absolute atomic E-state index is 0.0950. The van der Waals surface area contributed by atoms with Gasteiger partial charge in [-0.1, -0.05) is 0 Å². The van der Waals surface area contributed by atoms with Crippen LogP contribution in [0.25, 0.3) is 11.0 Å². The number of halogens is 5. The van der Waals surface area contributed by atoms with Gasteiger partial charge in [-0.2, -0.15) is 13.2 Å². The molecule has 0 aliphatic heterocycles. The first-order valence-electron chi connectivity index (χ1n) is 9.77. The van der Waals surface area contributed by atoms with E-state index >= 15 is 0 Å². The van der Waals surface area contributed by atoms with E-state index in [-0.39, 0.29) is 11.6 Å². The van der Waals surface area contributed by atoms with E-state index in [9.17, 15) is 31.5 Å². The fraction of sp³-hybridized carbons (Fsp3) is 0.300. The van der Waals surface area contributed by atoms with Gasteiger partial charge in [-0.25, -0.2) is 28.3 Å². The van der Waals surface area contributed by atoms with Crippen molar-refractivity contribution in [2.24, 2.45) is 0 Å². The number of alkyl halides is 3. The molecule has 188 valence electrons. The molecule has 0 fully saturated rings. The second kappa shape index (κ2) is 9.23. The fourth-order valence-corrected chi connectivity index (χ4v) is 2.88. The molecule has 1 aromatic carbocycles. The number of nitrogens with one attached hydrogen (secondary N) is 3. The molecule has 2 aromatic heterocycles. The standard InChI is InChI=1S/C20H19F5N6O4/c1-19(2,3)35-18(33)30-12-10-4-8(21)5-11(22)13(10)34-14(12)15(20(23,24)25)31-17(32)29-9-6-27-16(26)28-7-9/h4-7,15H,1-3H3,(H,30,33)(H2,26,27,28)(H2,29,31,32). The molecule has 1 unspecified atom stereocenters. The molecule has 15 heteroatoms. The van der Waals surface area contributed by atoms with Gasteiger partial charge in [-0.05, 0) is 26.8 Å². The summed E-state index contributed by atoms with van der Waals surface area (Å²) in [6.07, 6.45) is -4.35. The molecule has 0 saturated carbocycles. The number of aromatic nitrogens is 2. The summed E-state index contributed by atoms with van der Waals surface area (Å²) in [6, 6.07) is -3.23. The van der Waals surface area contributed by atoms with Crippen molar-refractivity contribution in [3.8, 4) is 0 Å². The van der Waals surface area contributed by atoms with Crippen LogP contribution in [0.3, 0.4) is 0 Å². The lowest BCUT2D eigenvalue weighted by atomic mass is 10.1. The molecule has 2 heterocycles. The molecule has 0 radical (unpaired) electrons. The van der Waals surface area contributed by atoms with E-state index in [0.29, 0.717) is 12.1 Å². The van der Waals surface area contributed by atoms with Crippen LogP contribution in [0.2, 0.25) is 0 Å². The van der Waals surface area contributed by atoms with Gasteiger partial charge in [0, 0.05) is 6.07 Å². The number of amides is 3. The Hall–Kier alpha value is -4.17. The summed E-state index contributed by atoms with van der Waals surface area (Å²) in [5.41, 5.74) is 2.64. The predicted octanol–water partition coefficient (Wildman–Crippen LogP) is 4.86. The topological polar surface area (TPSA) is 144 Å². The Kier molecular flexibility index (Phi) is 6.71. The van der Waals surface area contributed by atoms with Crippen molar-refractivity contribution in [2.75, 3.05) is 16.4 Å². The van der Waals surface area contributed by atoms with Gasteiger partial charge < -0.3 is 25.5 Å². The number of hydrogen-bond acceptors (Lipinski definition) is 7. The van der Waals surface area contributed by atoms with Crippen LogP contribution < -0.4 is 21.7 Å². The molecule has 3 rings (SSSR count). The van der Waals surface area contributed by atoms with Gasteiger partial charge in [-0.3, -0.25) is 5.32 Å². The Bertz CT molecular complexity index is 1250. The molecule has 0 aliphatic rings. The van der Waals surface area contributed by atoms with Gasteiger partial charge in [0.2, 0.25) is 5.95 Å². The summed E-state index contributed by atoms with van der Waals surface area (Å²) in [4.78, 5) is 31.7. The summed E-state index contributed by atoms with van der Waals surface area (Å²) in [6.45, 7) is 4.48. The van der Waals surface area contributed by atoms with E-state index < -0.39 is 64.0 Å². The van der Waals surface area contributed by atoms with Crippen molar-refractivity contribution in [3.05, 3.63) is 41.9 Å². The molecule has 3 aromatic rings. The smallest absolute Gasteiger partial charge is 0.416 e. The van der Waals surface area contributed by atoms with Gasteiger partial charge in [0.15, 0.2) is 23.2 Å². The molecule has 3 amide bonds. The summed E-state index contributed by atoms with van der Waals surface area (Å²) in [7, 11) is 0. The van der Waals surface area contributed by atoms with Gasteiger partial charge in [-0.15, -0.1) is 0 Å². The van der Waals surface area contributed by atoms with Crippen LogP contribution in [0, 0.1) is 11.6 Å². The number of rotatable bonds is 4. The Morgan fingerprint density at radius 1 is 1.09 bits per heavy atom. The number of anilines is 3. The Morgan fingerprint density at radius 2 is 1.71 bits per heavy atom. The minimum Gasteiger partial charge on any atom is -0.453 e. The second-order valence-corrected chi connectivity index (χ2v) is 8.14. The third kappa shape index (κ3) is 6.24. The van der Waals surface area contributed by atoms with Crippen LogP contribution in [0.15, 0.2) is 28.9 Å². The maximum atomic E-state index is 14.3. The van der Waals surface area contributed by atoms with Gasteiger partial charge in [0.05, 0.1) is 29.2 Å². The third-order valence-electron chi connectivity index (χ3n) is 4.16. The van der Waals surface area contributed by atoms with Crippen molar-refractivity contribution >= 4 is 40.4 Å². The zero-order valence-electron chi connectivity index (χ0n) is 18.4. The number of nitrogens with two attached hydrogens (primary N) is 1. The number of ether oxygens (including phenoxy) is 1. The molecule has 0 saturated heterocycles. The predicted molar refractivity (Wildman–Crippen MR) is 113 cm³/mol. The molecule has 0 aliphatic carbocycles. The first-order valence-corrected chi connectivity index (χ1v) is 9.77. The van der Waals surface area contributed by atoms with E-state index in [4.69, 9.17) is 14.9 Å². The zero-order chi connectivity index (χ0) is 26.1. The van der Waals surface area contributed by atoms with Crippen LogP contribution in [0.5, 0.6) is 0 Å². The highest BCUT2D eigenvalue weighted by Gasteiger charge is 2.46. The number of nitrogen functional groups attached to an aromatic ring is 1. The van der Waals surface area contributed by atoms with E-state index in [2.05, 4.69) is 15.3 Å². The lowest BCUT2D eigenvalue weighted by molar-refractivity contribution is -0.158. The van der Waals surface area contributed by atoms with Crippen LogP contribution in [-0.2, 0) is 4.74 Å². The number of carbonyl (C=O) groups is 2. The SMILES string of the molecule is CC(C)(C)OC(=O)Nc1c(C(NC(=O)Nc2cnc(N)nc2)C(F)(F)F)oc2c(F)cc(F)cc12. The average molecular weight is 502 g/mol. The Balaban J connectivity index is 2.04. The number of hydrogen-bond donors (Lipinski definition) is 4. The number of fused-ring (bicyclic) bond motifs is 1. The van der Waals surface area contributed by atoms with Crippen molar-refractivity contribution in [2.45, 2.75) is 38.6 Å². The maximum absolute atomic E-state index is 14.3.